The van der Waals surface area contributed by atoms with E-state index in [1.165, 1.54) is 5.56 Å². The minimum Gasteiger partial charge on any atom is -0.481 e. The molecule has 7 heteroatoms. The van der Waals surface area contributed by atoms with Gasteiger partial charge in [-0.25, -0.2) is 4.79 Å². The fourth-order valence-electron chi connectivity index (χ4n) is 2.73. The second-order valence-corrected chi connectivity index (χ2v) is 7.08. The van der Waals surface area contributed by atoms with E-state index in [1.54, 1.807) is 25.7 Å². The number of carbonyl (C=O) groups is 3. The third kappa shape index (κ3) is 5.48. The molecule has 2 N–H and O–H groups in total. The molecule has 2 amide bonds. The number of amides is 2. The number of alkyl carbamates (subject to hydrolysis) is 1. The number of nitrogens with one attached hydrogen (secondary N) is 1. The summed E-state index contributed by atoms with van der Waals surface area (Å²) < 4.78 is 5.13. The molecule has 0 aliphatic carbocycles. The first-order chi connectivity index (χ1) is 11.7. The SMILES string of the molecule is CC(C)(C)OC(=O)N[C@@H](CC(=O)O)C(=O)N1CCc2ccccc2C1. The lowest BCUT2D eigenvalue weighted by Crippen LogP contribution is -2.51. The van der Waals surface area contributed by atoms with Crippen molar-refractivity contribution < 1.29 is 24.2 Å². The number of carboxylic acid groups (broad SMARTS) is 1. The molecule has 0 aromatic heterocycles. The number of rotatable bonds is 4. The summed E-state index contributed by atoms with van der Waals surface area (Å²) in [4.78, 5) is 37.4. The van der Waals surface area contributed by atoms with Crippen LogP contribution in [0, 0.1) is 0 Å². The minimum absolute atomic E-state index is 0.404. The molecule has 0 saturated heterocycles. The van der Waals surface area contributed by atoms with Gasteiger partial charge in [-0.1, -0.05) is 24.3 Å². The van der Waals surface area contributed by atoms with Crippen molar-refractivity contribution in [2.45, 2.75) is 51.8 Å². The van der Waals surface area contributed by atoms with Crippen LogP contribution in [0.1, 0.15) is 38.3 Å². The van der Waals surface area contributed by atoms with Gasteiger partial charge in [0.25, 0.3) is 0 Å². The quantitative estimate of drug-likeness (QED) is 0.867. The zero-order valence-electron chi connectivity index (χ0n) is 14.7. The van der Waals surface area contributed by atoms with Crippen LogP contribution in [0.15, 0.2) is 24.3 Å². The number of fused-ring (bicyclic) bond motifs is 1. The van der Waals surface area contributed by atoms with E-state index in [0.717, 1.165) is 5.56 Å². The molecule has 0 bridgehead atoms. The van der Waals surface area contributed by atoms with Crippen LogP contribution >= 0.6 is 0 Å². The van der Waals surface area contributed by atoms with Crippen LogP contribution in [0.5, 0.6) is 0 Å². The van der Waals surface area contributed by atoms with E-state index in [1.807, 2.05) is 24.3 Å². The molecular formula is C18H24N2O5. The molecule has 136 valence electrons. The molecule has 1 aliphatic rings. The van der Waals surface area contributed by atoms with E-state index in [4.69, 9.17) is 9.84 Å². The fourth-order valence-corrected chi connectivity index (χ4v) is 2.73. The van der Waals surface area contributed by atoms with Gasteiger partial charge in [0.15, 0.2) is 0 Å². The molecule has 0 radical (unpaired) electrons. The summed E-state index contributed by atoms with van der Waals surface area (Å²) in [5, 5.41) is 11.5. The van der Waals surface area contributed by atoms with Crippen LogP contribution in [0.2, 0.25) is 0 Å². The van der Waals surface area contributed by atoms with E-state index >= 15 is 0 Å². The number of carbonyl (C=O) groups excluding carboxylic acids is 2. The number of benzene rings is 1. The van der Waals surface area contributed by atoms with E-state index in [2.05, 4.69) is 5.32 Å². The maximum Gasteiger partial charge on any atom is 0.408 e. The molecule has 1 aliphatic heterocycles. The monoisotopic (exact) mass is 348 g/mol. The molecule has 2 rings (SSSR count). The van der Waals surface area contributed by atoms with E-state index < -0.39 is 36.0 Å². The fraction of sp³-hybridized carbons (Fsp3) is 0.500. The van der Waals surface area contributed by atoms with Gasteiger partial charge in [0, 0.05) is 13.1 Å². The molecule has 0 spiro atoms. The van der Waals surface area contributed by atoms with Crippen molar-refractivity contribution in [2.24, 2.45) is 0 Å². The summed E-state index contributed by atoms with van der Waals surface area (Å²) in [6.07, 6.45) is -0.589. The first-order valence-electron chi connectivity index (χ1n) is 8.22. The van der Waals surface area contributed by atoms with Gasteiger partial charge in [-0.05, 0) is 38.3 Å². The van der Waals surface area contributed by atoms with Crippen molar-refractivity contribution in [3.05, 3.63) is 35.4 Å². The normalized spacial score (nSPS) is 15.1. The number of hydrogen-bond donors (Lipinski definition) is 2. The Morgan fingerprint density at radius 2 is 1.88 bits per heavy atom. The minimum atomic E-state index is -1.16. The Morgan fingerprint density at radius 1 is 1.24 bits per heavy atom. The van der Waals surface area contributed by atoms with Crippen molar-refractivity contribution in [1.82, 2.24) is 10.2 Å². The highest BCUT2D eigenvalue weighted by molar-refractivity contribution is 5.89. The van der Waals surface area contributed by atoms with Crippen LogP contribution in [-0.4, -0.2) is 46.2 Å². The summed E-state index contributed by atoms with van der Waals surface area (Å²) in [5.74, 6) is -1.57. The Bertz CT molecular complexity index is 666. The zero-order chi connectivity index (χ0) is 18.6. The van der Waals surface area contributed by atoms with Crippen molar-refractivity contribution in [3.63, 3.8) is 0 Å². The molecule has 0 unspecified atom stereocenters. The predicted octanol–water partition coefficient (Wildman–Crippen LogP) is 1.94. The molecule has 7 nitrogen and oxygen atoms in total. The lowest BCUT2D eigenvalue weighted by molar-refractivity contribution is -0.143. The molecule has 1 heterocycles. The van der Waals surface area contributed by atoms with Gasteiger partial charge in [-0.2, -0.15) is 0 Å². The standard InChI is InChI=1S/C18H24N2O5/c1-18(2,3)25-17(24)19-14(10-15(21)22)16(23)20-9-8-12-6-4-5-7-13(12)11-20/h4-7,14H,8-11H2,1-3H3,(H,19,24)(H,21,22)/t14-/m0/s1. The highest BCUT2D eigenvalue weighted by Crippen LogP contribution is 2.19. The molecule has 1 atom stereocenters. The average Bonchev–Trinajstić information content (AvgIpc) is 2.50. The van der Waals surface area contributed by atoms with Gasteiger partial charge >= 0.3 is 12.1 Å². The highest BCUT2D eigenvalue weighted by Gasteiger charge is 2.31. The maximum absolute atomic E-state index is 12.7. The van der Waals surface area contributed by atoms with Crippen molar-refractivity contribution in [2.75, 3.05) is 6.54 Å². The third-order valence-electron chi connectivity index (χ3n) is 3.81. The number of nitrogens with zero attached hydrogens (tertiary/aromatic N) is 1. The largest absolute Gasteiger partial charge is 0.481 e. The summed E-state index contributed by atoms with van der Waals surface area (Å²) in [7, 11) is 0. The Labute approximate surface area is 147 Å². The number of hydrogen-bond acceptors (Lipinski definition) is 4. The summed E-state index contributed by atoms with van der Waals surface area (Å²) >= 11 is 0. The Morgan fingerprint density at radius 3 is 2.48 bits per heavy atom. The van der Waals surface area contributed by atoms with Crippen molar-refractivity contribution in [3.8, 4) is 0 Å². The first-order valence-corrected chi connectivity index (χ1v) is 8.22. The number of aliphatic carboxylic acids is 1. The van der Waals surface area contributed by atoms with E-state index in [-0.39, 0.29) is 0 Å². The Hall–Kier alpha value is -2.57. The van der Waals surface area contributed by atoms with Crippen LogP contribution in [0.3, 0.4) is 0 Å². The third-order valence-corrected chi connectivity index (χ3v) is 3.81. The number of carboxylic acids is 1. The molecular weight excluding hydrogens is 324 g/mol. The Balaban J connectivity index is 2.08. The summed E-state index contributed by atoms with van der Waals surface area (Å²) in [5.41, 5.74) is 1.49. The maximum atomic E-state index is 12.7. The molecule has 25 heavy (non-hydrogen) atoms. The lowest BCUT2D eigenvalue weighted by Gasteiger charge is -2.32. The number of ether oxygens (including phenoxy) is 1. The molecule has 1 aromatic carbocycles. The summed E-state index contributed by atoms with van der Waals surface area (Å²) in [6, 6.07) is 6.67. The van der Waals surface area contributed by atoms with Gasteiger partial charge < -0.3 is 20.1 Å². The van der Waals surface area contributed by atoms with E-state index in [9.17, 15) is 14.4 Å². The first kappa shape index (κ1) is 18.8. The summed E-state index contributed by atoms with van der Waals surface area (Å²) in [6.45, 7) is 5.98. The van der Waals surface area contributed by atoms with Gasteiger partial charge in [0.2, 0.25) is 5.91 Å². The van der Waals surface area contributed by atoms with Crippen LogP contribution < -0.4 is 5.32 Å². The smallest absolute Gasteiger partial charge is 0.408 e. The average molecular weight is 348 g/mol. The molecule has 0 fully saturated rings. The molecule has 0 saturated carbocycles. The van der Waals surface area contributed by atoms with Crippen molar-refractivity contribution >= 4 is 18.0 Å². The molecule has 1 aromatic rings. The van der Waals surface area contributed by atoms with Gasteiger partial charge in [0.05, 0.1) is 6.42 Å². The van der Waals surface area contributed by atoms with E-state index in [0.29, 0.717) is 19.5 Å². The second kappa shape index (κ2) is 7.55. The van der Waals surface area contributed by atoms with Gasteiger partial charge in [-0.3, -0.25) is 9.59 Å². The zero-order valence-corrected chi connectivity index (χ0v) is 14.7. The van der Waals surface area contributed by atoms with Crippen LogP contribution in [0.25, 0.3) is 0 Å². The second-order valence-electron chi connectivity index (χ2n) is 7.08. The van der Waals surface area contributed by atoms with Crippen molar-refractivity contribution in [1.29, 1.82) is 0 Å². The lowest BCUT2D eigenvalue weighted by atomic mass is 9.99. The Kier molecular flexibility index (Phi) is 5.66. The van der Waals surface area contributed by atoms with Crippen LogP contribution in [-0.2, 0) is 27.3 Å². The van der Waals surface area contributed by atoms with Gasteiger partial charge in [0.1, 0.15) is 11.6 Å². The van der Waals surface area contributed by atoms with Crippen LogP contribution in [0.4, 0.5) is 4.79 Å². The topological polar surface area (TPSA) is 95.9 Å². The van der Waals surface area contributed by atoms with Gasteiger partial charge in [-0.15, -0.1) is 0 Å². The predicted molar refractivity (Wildman–Crippen MR) is 91.0 cm³/mol. The highest BCUT2D eigenvalue weighted by atomic mass is 16.6.